The van der Waals surface area contributed by atoms with Crippen LogP contribution in [0, 0.1) is 0 Å². The first kappa shape index (κ1) is 31.4. The summed E-state index contributed by atoms with van der Waals surface area (Å²) in [6.07, 6.45) is 0.736. The zero-order valence-corrected chi connectivity index (χ0v) is 28.2. The van der Waals surface area contributed by atoms with Crippen LogP contribution in [0.3, 0.4) is 0 Å². The quantitative estimate of drug-likeness (QED) is 0.308. The van der Waals surface area contributed by atoms with Crippen LogP contribution in [0.4, 0.5) is 0 Å². The van der Waals surface area contributed by atoms with Gasteiger partial charge in [-0.3, -0.25) is 0 Å². The van der Waals surface area contributed by atoms with Gasteiger partial charge in [0.1, 0.15) is 17.2 Å². The fourth-order valence-corrected chi connectivity index (χ4v) is 9.09. The van der Waals surface area contributed by atoms with Crippen LogP contribution in [-0.4, -0.2) is 29.5 Å². The predicted octanol–water partition coefficient (Wildman–Crippen LogP) is 9.87. The fraction of sp³-hybridized carbons (Fsp3) is 0.455. The summed E-state index contributed by atoms with van der Waals surface area (Å²) >= 11 is 7.28. The van der Waals surface area contributed by atoms with E-state index in [0.717, 1.165) is 60.5 Å². The number of benzene rings is 3. The second-order valence-electron chi connectivity index (χ2n) is 12.2. The number of para-hydroxylation sites is 1. The third-order valence-corrected chi connectivity index (χ3v) is 11.6. The van der Waals surface area contributed by atoms with Crippen molar-refractivity contribution in [2.45, 2.75) is 80.1 Å². The predicted molar refractivity (Wildman–Crippen MR) is 178 cm³/mol. The van der Waals surface area contributed by atoms with Gasteiger partial charge in [0, 0.05) is 50.4 Å². The van der Waals surface area contributed by atoms with E-state index in [4.69, 9.17) is 9.47 Å². The molecule has 0 saturated heterocycles. The molecule has 0 saturated carbocycles. The summed E-state index contributed by atoms with van der Waals surface area (Å²) in [6.45, 7) is 13.6. The second kappa shape index (κ2) is 13.2. The highest BCUT2D eigenvalue weighted by Crippen LogP contribution is 2.44. The lowest BCUT2D eigenvalue weighted by Gasteiger charge is -2.26. The van der Waals surface area contributed by atoms with Crippen LogP contribution in [0.2, 0.25) is 0 Å². The van der Waals surface area contributed by atoms with Crippen molar-refractivity contribution < 1.29 is 14.6 Å². The van der Waals surface area contributed by atoms with E-state index < -0.39 is 0 Å². The highest BCUT2D eigenvalue weighted by molar-refractivity contribution is 8.16. The lowest BCUT2D eigenvalue weighted by atomic mass is 9.83. The number of hydrogen-bond acceptors (Lipinski definition) is 7. The summed E-state index contributed by atoms with van der Waals surface area (Å²) in [5.74, 6) is 3.87. The number of ether oxygens (including phenoxy) is 2. The molecule has 7 heteroatoms. The van der Waals surface area contributed by atoms with Gasteiger partial charge in [0.05, 0.1) is 24.0 Å². The number of methoxy groups -OCH3 is 2. The number of hydrogen-bond donors (Lipinski definition) is 1. The maximum absolute atomic E-state index is 11.0. The average Bonchev–Trinajstić information content (AvgIpc) is 2.88. The molecule has 0 amide bonds. The van der Waals surface area contributed by atoms with Crippen molar-refractivity contribution >= 4 is 47.0 Å². The molecule has 0 aliphatic carbocycles. The van der Waals surface area contributed by atoms with E-state index in [1.54, 1.807) is 14.2 Å². The molecule has 0 fully saturated rings. The van der Waals surface area contributed by atoms with Crippen molar-refractivity contribution in [1.82, 2.24) is 0 Å². The van der Waals surface area contributed by atoms with Gasteiger partial charge in [0.15, 0.2) is 0 Å². The minimum Gasteiger partial charge on any atom is -0.507 e. The van der Waals surface area contributed by atoms with Crippen molar-refractivity contribution in [3.63, 3.8) is 0 Å². The highest BCUT2D eigenvalue weighted by Gasteiger charge is 2.24. The maximum atomic E-state index is 11.0. The molecule has 0 unspecified atom stereocenters. The zero-order chi connectivity index (χ0) is 29.1. The molecule has 216 valence electrons. The summed E-state index contributed by atoms with van der Waals surface area (Å²) in [4.78, 5) is 2.32. The Bertz CT molecular complexity index is 1240. The van der Waals surface area contributed by atoms with Crippen molar-refractivity contribution in [2.75, 3.05) is 24.4 Å². The van der Waals surface area contributed by atoms with Crippen LogP contribution in [0.1, 0.15) is 74.9 Å². The van der Waals surface area contributed by atoms with Crippen molar-refractivity contribution in [1.29, 1.82) is 0 Å². The minimum atomic E-state index is 0.00227. The number of phenols is 1. The number of phenolic OH excluding ortho intramolecular Hbond substituents is 1. The van der Waals surface area contributed by atoms with Crippen LogP contribution in [0.15, 0.2) is 52.3 Å². The van der Waals surface area contributed by atoms with E-state index in [9.17, 15) is 5.11 Å². The lowest BCUT2D eigenvalue weighted by molar-refractivity contribution is 0.394. The first-order chi connectivity index (χ1) is 18.9. The first-order valence-corrected chi connectivity index (χ1v) is 17.8. The molecule has 6 bridgehead atoms. The molecule has 0 radical (unpaired) electrons. The molecular weight excluding hydrogens is 573 g/mol. The van der Waals surface area contributed by atoms with Crippen LogP contribution < -0.4 is 9.47 Å². The molecule has 0 aromatic heterocycles. The highest BCUT2D eigenvalue weighted by atomic mass is 32.2. The normalized spacial score (nSPS) is 15.2. The van der Waals surface area contributed by atoms with Gasteiger partial charge in [-0.2, -0.15) is 0 Å². The van der Waals surface area contributed by atoms with Crippen LogP contribution in [-0.2, 0) is 28.8 Å². The Balaban J connectivity index is 1.87. The van der Waals surface area contributed by atoms with Gasteiger partial charge in [-0.25, -0.2) is 0 Å². The molecule has 1 heterocycles. The molecule has 1 N–H and O–H groups in total. The van der Waals surface area contributed by atoms with Crippen LogP contribution in [0.25, 0.3) is 0 Å². The molecule has 0 atom stereocenters. The summed E-state index contributed by atoms with van der Waals surface area (Å²) in [5, 5.41) is 12.7. The molecule has 1 aliphatic rings. The standard InChI is InChI=1S/C33H42O3S4/c1-32(2,3)25-13-23-12-24-14-26(33(4,5)6)16-28(31(24)36-8)40-20-38-18-22-11-9-10-21(29(22)34)17-37-19-39-27(15-25)30(23)35-7/h9-11,13-16,34H,12,17-20H2,1-8H3. The molecular formula is C33H42O3S4. The van der Waals surface area contributed by atoms with Crippen LogP contribution in [0.5, 0.6) is 17.2 Å². The lowest BCUT2D eigenvalue weighted by Crippen LogP contribution is -2.14. The van der Waals surface area contributed by atoms with E-state index in [2.05, 4.69) is 71.9 Å². The summed E-state index contributed by atoms with van der Waals surface area (Å²) in [7, 11) is 3.56. The number of thioether (sulfide) groups is 4. The molecule has 1 aliphatic heterocycles. The first-order valence-electron chi connectivity index (χ1n) is 13.6. The van der Waals surface area contributed by atoms with Gasteiger partial charge >= 0.3 is 0 Å². The van der Waals surface area contributed by atoms with Crippen molar-refractivity contribution in [3.8, 4) is 17.2 Å². The maximum Gasteiger partial charge on any atom is 0.135 e. The van der Waals surface area contributed by atoms with Crippen LogP contribution >= 0.6 is 47.0 Å². The summed E-state index contributed by atoms with van der Waals surface area (Å²) < 4.78 is 12.2. The van der Waals surface area contributed by atoms with Gasteiger partial charge in [0.2, 0.25) is 0 Å². The molecule has 3 aromatic carbocycles. The molecule has 3 aromatic rings. The van der Waals surface area contributed by atoms with E-state index in [1.807, 2.05) is 59.2 Å². The number of aromatic hydroxyl groups is 1. The average molecular weight is 615 g/mol. The van der Waals surface area contributed by atoms with Crippen molar-refractivity contribution in [2.24, 2.45) is 0 Å². The van der Waals surface area contributed by atoms with E-state index >= 15 is 0 Å². The summed E-state index contributed by atoms with van der Waals surface area (Å²) in [5.41, 5.74) is 6.97. The fourth-order valence-electron chi connectivity index (χ4n) is 4.72. The Morgan fingerprint density at radius 2 is 1.07 bits per heavy atom. The van der Waals surface area contributed by atoms with Gasteiger partial charge in [-0.1, -0.05) is 71.9 Å². The Morgan fingerprint density at radius 3 is 1.45 bits per heavy atom. The van der Waals surface area contributed by atoms with Gasteiger partial charge < -0.3 is 14.6 Å². The molecule has 40 heavy (non-hydrogen) atoms. The van der Waals surface area contributed by atoms with E-state index in [0.29, 0.717) is 5.75 Å². The molecule has 3 nitrogen and oxygen atoms in total. The molecule has 0 spiro atoms. The molecule has 4 rings (SSSR count). The Morgan fingerprint density at radius 1 is 0.650 bits per heavy atom. The Hall–Kier alpha value is -1.54. The Kier molecular flexibility index (Phi) is 10.3. The third kappa shape index (κ3) is 7.45. The van der Waals surface area contributed by atoms with Gasteiger partial charge in [0.25, 0.3) is 0 Å². The van der Waals surface area contributed by atoms with Gasteiger partial charge in [-0.05, 0) is 34.1 Å². The topological polar surface area (TPSA) is 38.7 Å². The zero-order valence-electron chi connectivity index (χ0n) is 25.0. The SMILES string of the molecule is COc1c2cc(C(C)(C)C)cc1SCSCc1cccc(c1O)CSCSc1cc(C(C)(C)C)cc(c1OC)C2. The van der Waals surface area contributed by atoms with E-state index in [-0.39, 0.29) is 10.8 Å². The Labute approximate surface area is 258 Å². The monoisotopic (exact) mass is 614 g/mol. The third-order valence-electron chi connectivity index (χ3n) is 7.10. The minimum absolute atomic E-state index is 0.00227. The smallest absolute Gasteiger partial charge is 0.135 e. The summed E-state index contributed by atoms with van der Waals surface area (Å²) in [6, 6.07) is 15.4. The number of fused-ring (bicyclic) bond motifs is 6. The largest absolute Gasteiger partial charge is 0.507 e. The number of rotatable bonds is 2. The second-order valence-corrected chi connectivity index (χ2v) is 16.9. The van der Waals surface area contributed by atoms with Crippen molar-refractivity contribution in [3.05, 3.63) is 75.8 Å². The van der Waals surface area contributed by atoms with E-state index in [1.165, 1.54) is 22.3 Å². The van der Waals surface area contributed by atoms with Gasteiger partial charge in [-0.15, -0.1) is 47.0 Å².